The Balaban J connectivity index is 2.01. The van der Waals surface area contributed by atoms with Crippen LogP contribution in [0.1, 0.15) is 12.0 Å². The van der Waals surface area contributed by atoms with E-state index in [2.05, 4.69) is 4.98 Å². The highest BCUT2D eigenvalue weighted by Crippen LogP contribution is 2.20. The molecule has 0 radical (unpaired) electrons. The minimum atomic E-state index is -0.853. The fourth-order valence-electron chi connectivity index (χ4n) is 2.13. The zero-order valence-electron chi connectivity index (χ0n) is 10.5. The molecule has 0 spiro atoms. The molecule has 1 aliphatic rings. The third-order valence-electron chi connectivity index (χ3n) is 3.06. The average molecular weight is 280 g/mol. The van der Waals surface area contributed by atoms with Crippen molar-refractivity contribution < 1.29 is 14.7 Å². The lowest BCUT2D eigenvalue weighted by Gasteiger charge is -2.34. The molecule has 0 bridgehead atoms. The number of hydrogen-bond donors (Lipinski definition) is 1. The van der Waals surface area contributed by atoms with E-state index in [4.69, 9.17) is 5.11 Å². The summed E-state index contributed by atoms with van der Waals surface area (Å²) in [6.07, 6.45) is 3.64. The summed E-state index contributed by atoms with van der Waals surface area (Å²) in [5.74, 6) is 0.721. The number of amides is 1. The Kier molecular flexibility index (Phi) is 4.79. The van der Waals surface area contributed by atoms with E-state index in [0.29, 0.717) is 18.7 Å². The SMILES string of the molecule is O=C(O)CC1CSCCN1C(=O)Cc1ccncc1. The third-order valence-corrected chi connectivity index (χ3v) is 4.15. The van der Waals surface area contributed by atoms with Crippen LogP contribution in [0.5, 0.6) is 0 Å². The smallest absolute Gasteiger partial charge is 0.305 e. The van der Waals surface area contributed by atoms with Gasteiger partial charge in [0, 0.05) is 30.4 Å². The van der Waals surface area contributed by atoms with Crippen LogP contribution >= 0.6 is 11.8 Å². The number of hydrogen-bond acceptors (Lipinski definition) is 4. The maximum Gasteiger partial charge on any atom is 0.305 e. The fraction of sp³-hybridized carbons (Fsp3) is 0.462. The van der Waals surface area contributed by atoms with E-state index < -0.39 is 5.97 Å². The number of carbonyl (C=O) groups excluding carboxylic acids is 1. The van der Waals surface area contributed by atoms with Crippen LogP contribution in [0, 0.1) is 0 Å². The number of nitrogens with zero attached hydrogens (tertiary/aromatic N) is 2. The van der Waals surface area contributed by atoms with Crippen LogP contribution in [0.2, 0.25) is 0 Å². The van der Waals surface area contributed by atoms with Crippen LogP contribution in [0.3, 0.4) is 0 Å². The van der Waals surface area contributed by atoms with Gasteiger partial charge in [0.05, 0.1) is 18.9 Å². The summed E-state index contributed by atoms with van der Waals surface area (Å²) in [6, 6.07) is 3.43. The Morgan fingerprint density at radius 3 is 2.84 bits per heavy atom. The van der Waals surface area contributed by atoms with Gasteiger partial charge in [0.15, 0.2) is 0 Å². The van der Waals surface area contributed by atoms with E-state index in [1.165, 1.54) is 0 Å². The Bertz CT molecular complexity index is 452. The lowest BCUT2D eigenvalue weighted by atomic mass is 10.1. The van der Waals surface area contributed by atoms with Gasteiger partial charge in [-0.1, -0.05) is 0 Å². The normalized spacial score (nSPS) is 19.2. The number of aliphatic carboxylic acids is 1. The highest BCUT2D eigenvalue weighted by atomic mass is 32.2. The monoisotopic (exact) mass is 280 g/mol. The molecule has 1 aromatic rings. The average Bonchev–Trinajstić information content (AvgIpc) is 2.39. The minimum Gasteiger partial charge on any atom is -0.481 e. The van der Waals surface area contributed by atoms with Crippen molar-refractivity contribution in [1.82, 2.24) is 9.88 Å². The quantitative estimate of drug-likeness (QED) is 0.892. The molecule has 2 rings (SSSR count). The molecule has 0 aromatic carbocycles. The highest BCUT2D eigenvalue weighted by molar-refractivity contribution is 7.99. The number of carboxylic acids is 1. The van der Waals surface area contributed by atoms with Crippen LogP contribution in [0.25, 0.3) is 0 Å². The molecule has 5 nitrogen and oxygen atoms in total. The lowest BCUT2D eigenvalue weighted by Crippen LogP contribution is -2.47. The van der Waals surface area contributed by atoms with E-state index in [-0.39, 0.29) is 18.4 Å². The second-order valence-electron chi connectivity index (χ2n) is 4.45. The molecule has 1 aliphatic heterocycles. The van der Waals surface area contributed by atoms with Crippen LogP contribution in [-0.2, 0) is 16.0 Å². The molecule has 0 saturated carbocycles. The molecular formula is C13H16N2O3S. The summed E-state index contributed by atoms with van der Waals surface area (Å²) in [5, 5.41) is 8.90. The van der Waals surface area contributed by atoms with E-state index in [1.807, 2.05) is 12.1 Å². The van der Waals surface area contributed by atoms with Gasteiger partial charge in [-0.2, -0.15) is 11.8 Å². The molecule has 19 heavy (non-hydrogen) atoms. The van der Waals surface area contributed by atoms with E-state index in [9.17, 15) is 9.59 Å². The summed E-state index contributed by atoms with van der Waals surface area (Å²) in [7, 11) is 0. The van der Waals surface area contributed by atoms with Crippen molar-refractivity contribution >= 4 is 23.6 Å². The predicted molar refractivity (Wildman–Crippen MR) is 73.0 cm³/mol. The van der Waals surface area contributed by atoms with Gasteiger partial charge in [-0.15, -0.1) is 0 Å². The van der Waals surface area contributed by atoms with Crippen LogP contribution in [0.4, 0.5) is 0 Å². The van der Waals surface area contributed by atoms with Crippen molar-refractivity contribution in [2.45, 2.75) is 18.9 Å². The number of carboxylic acid groups (broad SMARTS) is 1. The molecule has 102 valence electrons. The Hall–Kier alpha value is -1.56. The number of rotatable bonds is 4. The first-order valence-corrected chi connectivity index (χ1v) is 7.30. The molecule has 1 saturated heterocycles. The van der Waals surface area contributed by atoms with Gasteiger partial charge >= 0.3 is 5.97 Å². The fourth-order valence-corrected chi connectivity index (χ4v) is 3.19. The van der Waals surface area contributed by atoms with Crippen molar-refractivity contribution in [3.63, 3.8) is 0 Å². The Labute approximate surface area is 116 Å². The third kappa shape index (κ3) is 3.96. The lowest BCUT2D eigenvalue weighted by molar-refractivity contribution is -0.140. The molecule has 1 atom stereocenters. The van der Waals surface area contributed by atoms with Crippen molar-refractivity contribution in [2.24, 2.45) is 0 Å². The van der Waals surface area contributed by atoms with E-state index in [0.717, 1.165) is 11.3 Å². The standard InChI is InChI=1S/C13H16N2O3S/c16-12(7-10-1-3-14-4-2-10)15-5-6-19-9-11(15)8-13(17)18/h1-4,11H,5-9H2,(H,17,18). The molecule has 1 aromatic heterocycles. The van der Waals surface area contributed by atoms with Crippen LogP contribution in [-0.4, -0.2) is 51.0 Å². The van der Waals surface area contributed by atoms with E-state index >= 15 is 0 Å². The second kappa shape index (κ2) is 6.56. The van der Waals surface area contributed by atoms with Gasteiger partial charge < -0.3 is 10.0 Å². The Morgan fingerprint density at radius 1 is 1.42 bits per heavy atom. The number of aromatic nitrogens is 1. The minimum absolute atomic E-state index is 0.00208. The van der Waals surface area contributed by atoms with Gasteiger partial charge in [0.1, 0.15) is 0 Å². The molecule has 6 heteroatoms. The Morgan fingerprint density at radius 2 is 2.16 bits per heavy atom. The molecule has 0 aliphatic carbocycles. The number of pyridine rings is 1. The maximum atomic E-state index is 12.3. The van der Waals surface area contributed by atoms with Gasteiger partial charge in [0.25, 0.3) is 0 Å². The van der Waals surface area contributed by atoms with Crippen molar-refractivity contribution in [1.29, 1.82) is 0 Å². The largest absolute Gasteiger partial charge is 0.481 e. The maximum absolute atomic E-state index is 12.3. The van der Waals surface area contributed by atoms with Gasteiger partial charge in [0.2, 0.25) is 5.91 Å². The summed E-state index contributed by atoms with van der Waals surface area (Å²) in [4.78, 5) is 28.7. The van der Waals surface area contributed by atoms with Crippen LogP contribution in [0.15, 0.2) is 24.5 Å². The van der Waals surface area contributed by atoms with E-state index in [1.54, 1.807) is 29.1 Å². The first kappa shape index (κ1) is 13.9. The molecule has 1 fully saturated rings. The van der Waals surface area contributed by atoms with Gasteiger partial charge in [-0.3, -0.25) is 14.6 Å². The molecule has 1 amide bonds. The molecule has 1 N–H and O–H groups in total. The van der Waals surface area contributed by atoms with Crippen LogP contribution < -0.4 is 0 Å². The van der Waals surface area contributed by atoms with Gasteiger partial charge in [-0.25, -0.2) is 0 Å². The number of carbonyl (C=O) groups is 2. The van der Waals surface area contributed by atoms with Crippen molar-refractivity contribution in [3.8, 4) is 0 Å². The molecular weight excluding hydrogens is 264 g/mol. The second-order valence-corrected chi connectivity index (χ2v) is 5.60. The summed E-state index contributed by atoms with van der Waals surface area (Å²) >= 11 is 1.71. The predicted octanol–water partition coefficient (Wildman–Crippen LogP) is 1.04. The zero-order chi connectivity index (χ0) is 13.7. The van der Waals surface area contributed by atoms with Crippen molar-refractivity contribution in [3.05, 3.63) is 30.1 Å². The highest BCUT2D eigenvalue weighted by Gasteiger charge is 2.28. The summed E-state index contributed by atoms with van der Waals surface area (Å²) in [5.41, 5.74) is 0.910. The summed E-state index contributed by atoms with van der Waals surface area (Å²) < 4.78 is 0. The zero-order valence-corrected chi connectivity index (χ0v) is 11.3. The first-order valence-electron chi connectivity index (χ1n) is 6.14. The first-order chi connectivity index (χ1) is 9.16. The van der Waals surface area contributed by atoms with Crippen molar-refractivity contribution in [2.75, 3.05) is 18.1 Å². The molecule has 1 unspecified atom stereocenters. The topological polar surface area (TPSA) is 70.5 Å². The molecule has 2 heterocycles. The number of thioether (sulfide) groups is 1. The van der Waals surface area contributed by atoms with Gasteiger partial charge in [-0.05, 0) is 17.7 Å². The summed E-state index contributed by atoms with van der Waals surface area (Å²) in [6.45, 7) is 0.631.